The van der Waals surface area contributed by atoms with Crippen molar-refractivity contribution in [2.24, 2.45) is 5.73 Å². The fourth-order valence-electron chi connectivity index (χ4n) is 3.23. The molecule has 114 valence electrons. The summed E-state index contributed by atoms with van der Waals surface area (Å²) in [7, 11) is 0. The Kier molecular flexibility index (Phi) is 5.26. The second kappa shape index (κ2) is 6.58. The molecule has 5 heteroatoms. The molecule has 0 amide bonds. The second-order valence-electron chi connectivity index (χ2n) is 5.98. The number of nitrogens with zero attached hydrogens (tertiary/aromatic N) is 3. The molecule has 0 aromatic carbocycles. The lowest BCUT2D eigenvalue weighted by Crippen LogP contribution is -2.52. The van der Waals surface area contributed by atoms with Crippen LogP contribution in [0.2, 0.25) is 0 Å². The Labute approximate surface area is 130 Å². The molecule has 2 N–H and O–H groups in total. The van der Waals surface area contributed by atoms with Crippen LogP contribution < -0.4 is 5.73 Å². The van der Waals surface area contributed by atoms with E-state index in [9.17, 15) is 0 Å². The van der Waals surface area contributed by atoms with Gasteiger partial charge in [-0.05, 0) is 61.6 Å². The van der Waals surface area contributed by atoms with Crippen LogP contribution in [0.15, 0.2) is 10.7 Å². The first-order chi connectivity index (χ1) is 9.54. The standard InChI is InChI=1S/C15H27BrN4/c1-4-8-20-13(12(16)11-18-20)14(17)15(3,5-2)19-9-6-7-10-19/h11,14H,4-10,17H2,1-3H3. The van der Waals surface area contributed by atoms with Gasteiger partial charge in [0.1, 0.15) is 0 Å². The average molecular weight is 343 g/mol. The van der Waals surface area contributed by atoms with Gasteiger partial charge in [-0.3, -0.25) is 9.58 Å². The lowest BCUT2D eigenvalue weighted by Gasteiger charge is -2.43. The van der Waals surface area contributed by atoms with E-state index in [4.69, 9.17) is 5.73 Å². The highest BCUT2D eigenvalue weighted by molar-refractivity contribution is 9.10. The number of hydrogen-bond acceptors (Lipinski definition) is 3. The van der Waals surface area contributed by atoms with Gasteiger partial charge in [-0.25, -0.2) is 0 Å². The van der Waals surface area contributed by atoms with E-state index in [0.29, 0.717) is 0 Å². The van der Waals surface area contributed by atoms with E-state index in [0.717, 1.165) is 42.6 Å². The summed E-state index contributed by atoms with van der Waals surface area (Å²) in [5.74, 6) is 0. The number of halogens is 1. The normalized spacial score (nSPS) is 21.1. The first-order valence-corrected chi connectivity index (χ1v) is 8.55. The topological polar surface area (TPSA) is 47.1 Å². The van der Waals surface area contributed by atoms with Crippen LogP contribution >= 0.6 is 15.9 Å². The minimum Gasteiger partial charge on any atom is -0.321 e. The fourth-order valence-corrected chi connectivity index (χ4v) is 3.78. The summed E-state index contributed by atoms with van der Waals surface area (Å²) in [6.07, 6.45) is 6.58. The van der Waals surface area contributed by atoms with Crippen LogP contribution in [0.1, 0.15) is 58.2 Å². The monoisotopic (exact) mass is 342 g/mol. The van der Waals surface area contributed by atoms with Crippen LogP contribution in [0.25, 0.3) is 0 Å². The summed E-state index contributed by atoms with van der Waals surface area (Å²) in [5.41, 5.74) is 7.85. The van der Waals surface area contributed by atoms with E-state index in [1.165, 1.54) is 12.8 Å². The fraction of sp³-hybridized carbons (Fsp3) is 0.800. The highest BCUT2D eigenvalue weighted by Gasteiger charge is 2.40. The van der Waals surface area contributed by atoms with Crippen LogP contribution in [0, 0.1) is 0 Å². The molecule has 2 heterocycles. The van der Waals surface area contributed by atoms with Crippen molar-refractivity contribution in [1.82, 2.24) is 14.7 Å². The molecule has 1 aliphatic heterocycles. The minimum atomic E-state index is -0.0194. The Morgan fingerprint density at radius 1 is 1.40 bits per heavy atom. The van der Waals surface area contributed by atoms with E-state index in [-0.39, 0.29) is 11.6 Å². The van der Waals surface area contributed by atoms with Crippen molar-refractivity contribution in [1.29, 1.82) is 0 Å². The number of aryl methyl sites for hydroxylation is 1. The van der Waals surface area contributed by atoms with Crippen LogP contribution in [0.4, 0.5) is 0 Å². The molecule has 2 rings (SSSR count). The van der Waals surface area contributed by atoms with Crippen molar-refractivity contribution in [2.45, 2.75) is 64.6 Å². The SMILES string of the molecule is CCCn1ncc(Br)c1C(N)C(C)(CC)N1CCCC1. The Morgan fingerprint density at radius 3 is 2.60 bits per heavy atom. The van der Waals surface area contributed by atoms with Gasteiger partial charge < -0.3 is 5.73 Å². The van der Waals surface area contributed by atoms with Gasteiger partial charge in [0.15, 0.2) is 0 Å². The smallest absolute Gasteiger partial charge is 0.0712 e. The van der Waals surface area contributed by atoms with Crippen LogP contribution in [-0.4, -0.2) is 33.3 Å². The Morgan fingerprint density at radius 2 is 2.05 bits per heavy atom. The van der Waals surface area contributed by atoms with Crippen LogP contribution in [0.5, 0.6) is 0 Å². The van der Waals surface area contributed by atoms with Gasteiger partial charge >= 0.3 is 0 Å². The van der Waals surface area contributed by atoms with E-state index in [1.54, 1.807) is 0 Å². The molecule has 0 spiro atoms. The van der Waals surface area contributed by atoms with Crippen LogP contribution in [0.3, 0.4) is 0 Å². The molecule has 1 aromatic heterocycles. The number of hydrogen-bond donors (Lipinski definition) is 1. The molecule has 4 nitrogen and oxygen atoms in total. The zero-order valence-electron chi connectivity index (χ0n) is 12.9. The lowest BCUT2D eigenvalue weighted by atomic mass is 9.86. The third kappa shape index (κ3) is 2.81. The molecule has 0 bridgehead atoms. The van der Waals surface area contributed by atoms with Crippen molar-refractivity contribution >= 4 is 15.9 Å². The maximum Gasteiger partial charge on any atom is 0.0712 e. The summed E-state index contributed by atoms with van der Waals surface area (Å²) < 4.78 is 3.11. The quantitative estimate of drug-likeness (QED) is 0.862. The van der Waals surface area contributed by atoms with Crippen molar-refractivity contribution in [3.63, 3.8) is 0 Å². The van der Waals surface area contributed by atoms with E-state index < -0.39 is 0 Å². The average Bonchev–Trinajstić information content (AvgIpc) is 3.08. The zero-order chi connectivity index (χ0) is 14.8. The molecule has 2 atom stereocenters. The van der Waals surface area contributed by atoms with Gasteiger partial charge in [0, 0.05) is 12.1 Å². The molecule has 1 fully saturated rings. The maximum absolute atomic E-state index is 6.71. The summed E-state index contributed by atoms with van der Waals surface area (Å²) >= 11 is 3.64. The third-order valence-corrected chi connectivity index (χ3v) is 5.39. The Bertz CT molecular complexity index is 439. The second-order valence-corrected chi connectivity index (χ2v) is 6.84. The largest absolute Gasteiger partial charge is 0.321 e. The minimum absolute atomic E-state index is 0.00451. The number of aromatic nitrogens is 2. The number of nitrogens with two attached hydrogens (primary N) is 1. The Balaban J connectivity index is 2.32. The lowest BCUT2D eigenvalue weighted by molar-refractivity contribution is 0.0962. The van der Waals surface area contributed by atoms with Crippen molar-refractivity contribution in [3.05, 3.63) is 16.4 Å². The summed E-state index contributed by atoms with van der Waals surface area (Å²) in [5, 5.41) is 4.47. The van der Waals surface area contributed by atoms with Crippen molar-refractivity contribution in [2.75, 3.05) is 13.1 Å². The maximum atomic E-state index is 6.71. The van der Waals surface area contributed by atoms with Crippen molar-refractivity contribution < 1.29 is 0 Å². The molecule has 0 saturated carbocycles. The zero-order valence-corrected chi connectivity index (χ0v) is 14.5. The van der Waals surface area contributed by atoms with Gasteiger partial charge in [-0.1, -0.05) is 13.8 Å². The van der Waals surface area contributed by atoms with E-state index >= 15 is 0 Å². The predicted octanol–water partition coefficient (Wildman–Crippen LogP) is 3.32. The predicted molar refractivity (Wildman–Crippen MR) is 86.6 cm³/mol. The first-order valence-electron chi connectivity index (χ1n) is 7.76. The molecule has 0 aliphatic carbocycles. The van der Waals surface area contributed by atoms with Crippen molar-refractivity contribution in [3.8, 4) is 0 Å². The van der Waals surface area contributed by atoms with Gasteiger partial charge in [0.25, 0.3) is 0 Å². The number of likely N-dealkylation sites (tertiary alicyclic amines) is 1. The van der Waals surface area contributed by atoms with Gasteiger partial charge in [-0.15, -0.1) is 0 Å². The first kappa shape index (κ1) is 16.0. The third-order valence-electron chi connectivity index (χ3n) is 4.78. The van der Waals surface area contributed by atoms with Gasteiger partial charge in [-0.2, -0.15) is 5.10 Å². The Hall–Kier alpha value is -0.390. The highest BCUT2D eigenvalue weighted by atomic mass is 79.9. The van der Waals surface area contributed by atoms with E-state index in [1.807, 2.05) is 6.20 Å². The highest BCUT2D eigenvalue weighted by Crippen LogP contribution is 2.37. The molecular formula is C15H27BrN4. The molecule has 2 unspecified atom stereocenters. The summed E-state index contributed by atoms with van der Waals surface area (Å²) in [4.78, 5) is 2.56. The molecular weight excluding hydrogens is 316 g/mol. The molecule has 0 radical (unpaired) electrons. The van der Waals surface area contributed by atoms with Gasteiger partial charge in [0.2, 0.25) is 0 Å². The molecule has 20 heavy (non-hydrogen) atoms. The van der Waals surface area contributed by atoms with Crippen LogP contribution in [-0.2, 0) is 6.54 Å². The summed E-state index contributed by atoms with van der Waals surface area (Å²) in [6.45, 7) is 9.97. The number of rotatable bonds is 6. The summed E-state index contributed by atoms with van der Waals surface area (Å²) in [6, 6.07) is -0.0194. The van der Waals surface area contributed by atoms with Gasteiger partial charge in [0.05, 0.1) is 22.4 Å². The molecule has 1 aliphatic rings. The molecule has 1 saturated heterocycles. The molecule has 1 aromatic rings. The van der Waals surface area contributed by atoms with E-state index in [2.05, 4.69) is 51.4 Å².